The first-order chi connectivity index (χ1) is 14.7. The number of hydrogen-bond acceptors (Lipinski definition) is 3. The van der Waals surface area contributed by atoms with Crippen molar-refractivity contribution in [2.75, 3.05) is 6.54 Å². The van der Waals surface area contributed by atoms with Crippen molar-refractivity contribution in [3.8, 4) is 22.9 Å². The SMILES string of the molecule is C=C(C#N)CN1Cc2c(cccc2-c2ccc3cnn(-c4ccccc4)c3c2)C1=O. The lowest BCUT2D eigenvalue weighted by molar-refractivity contribution is 0.0794. The molecule has 1 amide bonds. The van der Waals surface area contributed by atoms with Crippen molar-refractivity contribution < 1.29 is 4.79 Å². The number of hydrogen-bond donors (Lipinski definition) is 0. The number of amides is 1. The van der Waals surface area contributed by atoms with Gasteiger partial charge in [-0.1, -0.05) is 49.0 Å². The molecule has 0 saturated heterocycles. The molecule has 1 aromatic heterocycles. The van der Waals surface area contributed by atoms with E-state index < -0.39 is 0 Å². The van der Waals surface area contributed by atoms with Crippen LogP contribution in [0.15, 0.2) is 85.1 Å². The lowest BCUT2D eigenvalue weighted by Crippen LogP contribution is -2.25. The summed E-state index contributed by atoms with van der Waals surface area (Å²) in [6.45, 7) is 4.44. The lowest BCUT2D eigenvalue weighted by Gasteiger charge is -2.14. The molecule has 0 unspecified atom stereocenters. The highest BCUT2D eigenvalue weighted by atomic mass is 16.2. The molecule has 4 aromatic rings. The van der Waals surface area contributed by atoms with Crippen LogP contribution in [-0.4, -0.2) is 27.1 Å². The molecule has 0 N–H and O–H groups in total. The fourth-order valence-corrected chi connectivity index (χ4v) is 4.02. The zero-order valence-electron chi connectivity index (χ0n) is 16.2. The van der Waals surface area contributed by atoms with Crippen LogP contribution in [0.2, 0.25) is 0 Å². The third-order valence-electron chi connectivity index (χ3n) is 5.47. The smallest absolute Gasteiger partial charge is 0.254 e. The van der Waals surface area contributed by atoms with Crippen LogP contribution in [0.3, 0.4) is 0 Å². The predicted octanol–water partition coefficient (Wildman–Crippen LogP) is 4.73. The molecule has 5 nitrogen and oxygen atoms in total. The quantitative estimate of drug-likeness (QED) is 0.473. The van der Waals surface area contributed by atoms with Gasteiger partial charge in [-0.2, -0.15) is 10.4 Å². The average molecular weight is 390 g/mol. The van der Waals surface area contributed by atoms with Gasteiger partial charge in [0.05, 0.1) is 30.0 Å². The fraction of sp³-hybridized carbons (Fsp3) is 0.0800. The number of fused-ring (bicyclic) bond motifs is 2. The van der Waals surface area contributed by atoms with Crippen molar-refractivity contribution in [2.24, 2.45) is 0 Å². The van der Waals surface area contributed by atoms with E-state index in [2.05, 4.69) is 29.9 Å². The number of para-hydroxylation sites is 1. The minimum absolute atomic E-state index is 0.0568. The van der Waals surface area contributed by atoms with Gasteiger partial charge in [0.25, 0.3) is 5.91 Å². The Morgan fingerprint density at radius 1 is 1.07 bits per heavy atom. The maximum absolute atomic E-state index is 12.8. The van der Waals surface area contributed by atoms with Gasteiger partial charge in [-0.15, -0.1) is 0 Å². The molecule has 5 heteroatoms. The summed E-state index contributed by atoms with van der Waals surface area (Å²) >= 11 is 0. The monoisotopic (exact) mass is 390 g/mol. The molecule has 0 saturated carbocycles. The van der Waals surface area contributed by atoms with E-state index in [0.717, 1.165) is 33.3 Å². The molecule has 2 heterocycles. The molecule has 1 aliphatic rings. The minimum Gasteiger partial charge on any atom is -0.329 e. The molecule has 144 valence electrons. The van der Waals surface area contributed by atoms with Gasteiger partial charge >= 0.3 is 0 Å². The van der Waals surface area contributed by atoms with E-state index >= 15 is 0 Å². The number of nitrogens with zero attached hydrogens (tertiary/aromatic N) is 4. The second-order valence-electron chi connectivity index (χ2n) is 7.37. The van der Waals surface area contributed by atoms with Gasteiger partial charge in [0, 0.05) is 23.1 Å². The fourth-order valence-electron chi connectivity index (χ4n) is 4.02. The summed E-state index contributed by atoms with van der Waals surface area (Å²) in [5.41, 5.74) is 6.12. The Balaban J connectivity index is 1.59. The summed E-state index contributed by atoms with van der Waals surface area (Å²) in [5, 5.41) is 14.6. The van der Waals surface area contributed by atoms with Gasteiger partial charge in [-0.05, 0) is 41.0 Å². The van der Waals surface area contributed by atoms with Crippen LogP contribution in [0.5, 0.6) is 0 Å². The van der Waals surface area contributed by atoms with Crippen LogP contribution < -0.4 is 0 Å². The zero-order chi connectivity index (χ0) is 20.7. The van der Waals surface area contributed by atoms with Crippen molar-refractivity contribution in [2.45, 2.75) is 6.54 Å². The second-order valence-corrected chi connectivity index (χ2v) is 7.37. The number of benzene rings is 3. The van der Waals surface area contributed by atoms with Gasteiger partial charge in [-0.3, -0.25) is 4.79 Å². The molecule has 0 radical (unpaired) electrons. The lowest BCUT2D eigenvalue weighted by atomic mass is 9.96. The van der Waals surface area contributed by atoms with Crippen LogP contribution in [0.1, 0.15) is 15.9 Å². The molecule has 0 fully saturated rings. The largest absolute Gasteiger partial charge is 0.329 e. The molecule has 3 aromatic carbocycles. The highest BCUT2D eigenvalue weighted by Crippen LogP contribution is 2.34. The van der Waals surface area contributed by atoms with Crippen LogP contribution in [0.4, 0.5) is 0 Å². The maximum Gasteiger partial charge on any atom is 0.254 e. The predicted molar refractivity (Wildman–Crippen MR) is 116 cm³/mol. The third kappa shape index (κ3) is 2.87. The molecular weight excluding hydrogens is 372 g/mol. The summed E-state index contributed by atoms with van der Waals surface area (Å²) in [6, 6.07) is 24.1. The van der Waals surface area contributed by atoms with Crippen LogP contribution in [-0.2, 0) is 6.54 Å². The average Bonchev–Trinajstić information content (AvgIpc) is 3.35. The van der Waals surface area contributed by atoms with Gasteiger partial charge in [-0.25, -0.2) is 4.68 Å². The first kappa shape index (κ1) is 17.9. The maximum atomic E-state index is 12.8. The van der Waals surface area contributed by atoms with E-state index in [9.17, 15) is 4.79 Å². The number of carbonyl (C=O) groups excluding carboxylic acids is 1. The zero-order valence-corrected chi connectivity index (χ0v) is 16.2. The van der Waals surface area contributed by atoms with Gasteiger partial charge in [0.2, 0.25) is 0 Å². The molecule has 0 spiro atoms. The first-order valence-corrected chi connectivity index (χ1v) is 9.68. The number of nitriles is 1. The molecule has 0 aliphatic carbocycles. The molecular formula is C25H18N4O. The van der Waals surface area contributed by atoms with Crippen molar-refractivity contribution >= 4 is 16.8 Å². The topological polar surface area (TPSA) is 61.9 Å². The number of carbonyl (C=O) groups is 1. The van der Waals surface area contributed by atoms with E-state index in [4.69, 9.17) is 5.26 Å². The molecule has 30 heavy (non-hydrogen) atoms. The van der Waals surface area contributed by atoms with Crippen LogP contribution >= 0.6 is 0 Å². The summed E-state index contributed by atoms with van der Waals surface area (Å²) < 4.78 is 1.93. The van der Waals surface area contributed by atoms with Gasteiger partial charge in [0.1, 0.15) is 0 Å². The third-order valence-corrected chi connectivity index (χ3v) is 5.47. The van der Waals surface area contributed by atoms with Crippen molar-refractivity contribution in [1.82, 2.24) is 14.7 Å². The van der Waals surface area contributed by atoms with Crippen LogP contribution in [0.25, 0.3) is 27.7 Å². The van der Waals surface area contributed by atoms with Crippen molar-refractivity contribution in [3.63, 3.8) is 0 Å². The molecule has 1 aliphatic heterocycles. The normalized spacial score (nSPS) is 12.8. The van der Waals surface area contributed by atoms with Gasteiger partial charge < -0.3 is 4.90 Å². The molecule has 0 bridgehead atoms. The Hall–Kier alpha value is -4.17. The Bertz CT molecular complexity index is 1340. The second kappa shape index (κ2) is 7.02. The molecule has 0 atom stereocenters. The Labute approximate surface area is 174 Å². The van der Waals surface area contributed by atoms with E-state index in [0.29, 0.717) is 17.7 Å². The Kier molecular flexibility index (Phi) is 4.19. The van der Waals surface area contributed by atoms with E-state index in [1.807, 2.05) is 65.5 Å². The highest BCUT2D eigenvalue weighted by molar-refractivity contribution is 6.01. The Morgan fingerprint density at radius 2 is 1.87 bits per heavy atom. The molecule has 5 rings (SSSR count). The number of aromatic nitrogens is 2. The van der Waals surface area contributed by atoms with Crippen LogP contribution in [0, 0.1) is 11.3 Å². The summed E-state index contributed by atoms with van der Waals surface area (Å²) in [5.74, 6) is -0.0568. The summed E-state index contributed by atoms with van der Waals surface area (Å²) in [4.78, 5) is 14.5. The summed E-state index contributed by atoms with van der Waals surface area (Å²) in [6.07, 6.45) is 1.86. The highest BCUT2D eigenvalue weighted by Gasteiger charge is 2.29. The van der Waals surface area contributed by atoms with E-state index in [1.54, 1.807) is 4.90 Å². The first-order valence-electron chi connectivity index (χ1n) is 9.68. The minimum atomic E-state index is -0.0568. The number of rotatable bonds is 4. The van der Waals surface area contributed by atoms with Crippen molar-refractivity contribution in [3.05, 3.63) is 96.2 Å². The van der Waals surface area contributed by atoms with E-state index in [-0.39, 0.29) is 12.5 Å². The summed E-state index contributed by atoms with van der Waals surface area (Å²) in [7, 11) is 0. The van der Waals surface area contributed by atoms with Crippen molar-refractivity contribution in [1.29, 1.82) is 5.26 Å². The standard InChI is InChI=1S/C25H18N4O/c1-17(13-26)15-28-16-23-21(8-5-9-22(23)25(28)30)18-10-11-19-14-27-29(24(19)12-18)20-6-3-2-4-7-20/h2-12,14H,1,15-16H2. The Morgan fingerprint density at radius 3 is 2.67 bits per heavy atom. The van der Waals surface area contributed by atoms with E-state index in [1.165, 1.54) is 0 Å². The van der Waals surface area contributed by atoms with Gasteiger partial charge in [0.15, 0.2) is 0 Å².